The molecule has 2 aromatic carbocycles. The Hall–Kier alpha value is -2.85. The van der Waals surface area contributed by atoms with Crippen LogP contribution in [0.15, 0.2) is 46.5 Å². The Morgan fingerprint density at radius 1 is 1.32 bits per heavy atom. The normalized spacial score (nSPS) is 10.5. The first-order chi connectivity index (χ1) is 10.6. The van der Waals surface area contributed by atoms with Crippen LogP contribution in [-0.2, 0) is 0 Å². The van der Waals surface area contributed by atoms with E-state index in [4.69, 9.17) is 5.26 Å². The number of aromatic amines is 1. The maximum absolute atomic E-state index is 10.8. The summed E-state index contributed by atoms with van der Waals surface area (Å²) in [5.74, 6) is 0. The maximum Gasteiger partial charge on any atom is 0.270 e. The van der Waals surface area contributed by atoms with E-state index in [1.165, 1.54) is 23.9 Å². The summed E-state index contributed by atoms with van der Waals surface area (Å²) in [7, 11) is 0. The van der Waals surface area contributed by atoms with Gasteiger partial charge >= 0.3 is 0 Å². The quantitative estimate of drug-likeness (QED) is 0.586. The molecule has 0 radical (unpaired) electrons. The van der Waals surface area contributed by atoms with Gasteiger partial charge in [0.15, 0.2) is 5.16 Å². The fraction of sp³-hybridized carbons (Fsp3) is 0.0667. The molecule has 3 aromatic rings. The lowest BCUT2D eigenvalue weighted by molar-refractivity contribution is -0.384. The molecule has 0 saturated carbocycles. The largest absolute Gasteiger partial charge is 0.333 e. The molecule has 1 N–H and O–H groups in total. The van der Waals surface area contributed by atoms with Crippen molar-refractivity contribution in [3.05, 3.63) is 57.6 Å². The summed E-state index contributed by atoms with van der Waals surface area (Å²) in [4.78, 5) is 18.5. The van der Waals surface area contributed by atoms with E-state index in [9.17, 15) is 10.1 Å². The van der Waals surface area contributed by atoms with Gasteiger partial charge in [-0.05, 0) is 30.7 Å². The van der Waals surface area contributed by atoms with Gasteiger partial charge in [-0.3, -0.25) is 10.1 Å². The summed E-state index contributed by atoms with van der Waals surface area (Å²) in [6, 6.07) is 12.1. The average Bonchev–Trinajstić information content (AvgIpc) is 2.88. The molecule has 108 valence electrons. The number of benzene rings is 2. The van der Waals surface area contributed by atoms with Crippen molar-refractivity contribution in [2.24, 2.45) is 0 Å². The monoisotopic (exact) mass is 310 g/mol. The minimum absolute atomic E-state index is 0.0962. The average molecular weight is 310 g/mol. The predicted octanol–water partition coefficient (Wildman–Crippen LogP) is 3.80. The van der Waals surface area contributed by atoms with Crippen LogP contribution in [0.25, 0.3) is 11.0 Å². The molecule has 22 heavy (non-hydrogen) atoms. The van der Waals surface area contributed by atoms with Crippen LogP contribution < -0.4 is 0 Å². The number of hydrogen-bond donors (Lipinski definition) is 1. The molecule has 0 aliphatic rings. The number of nitrogens with one attached hydrogen (secondary N) is 1. The van der Waals surface area contributed by atoms with Gasteiger partial charge in [-0.2, -0.15) is 5.26 Å². The van der Waals surface area contributed by atoms with Gasteiger partial charge in [-0.25, -0.2) is 4.98 Å². The van der Waals surface area contributed by atoms with Gasteiger partial charge < -0.3 is 4.98 Å². The summed E-state index contributed by atoms with van der Waals surface area (Å²) < 4.78 is 0. The van der Waals surface area contributed by atoms with Crippen molar-refractivity contribution >= 4 is 28.5 Å². The first-order valence-electron chi connectivity index (χ1n) is 6.39. The molecular weight excluding hydrogens is 300 g/mol. The van der Waals surface area contributed by atoms with Gasteiger partial charge in [0, 0.05) is 17.0 Å². The van der Waals surface area contributed by atoms with Crippen LogP contribution in [0.5, 0.6) is 0 Å². The highest BCUT2D eigenvalue weighted by Crippen LogP contribution is 2.31. The molecule has 0 atom stereocenters. The Balaban J connectivity index is 1.97. The molecule has 0 unspecified atom stereocenters. The van der Waals surface area contributed by atoms with E-state index >= 15 is 0 Å². The number of non-ortho nitro benzene ring substituents is 1. The summed E-state index contributed by atoms with van der Waals surface area (Å²) in [5, 5.41) is 20.6. The van der Waals surface area contributed by atoms with E-state index in [1.54, 1.807) is 6.07 Å². The number of nitriles is 1. The van der Waals surface area contributed by atoms with Gasteiger partial charge in [0.05, 0.1) is 21.5 Å². The van der Waals surface area contributed by atoms with Crippen molar-refractivity contribution < 1.29 is 4.92 Å². The molecule has 0 saturated heterocycles. The standard InChI is InChI=1S/C15H10N4O2S/c1-9-2-4-12-13(6-9)18-15(17-12)22-14-5-3-11(19(20)21)7-10(14)8-16/h2-7H,1H3,(H,17,18). The van der Waals surface area contributed by atoms with Crippen LogP contribution in [0.2, 0.25) is 0 Å². The summed E-state index contributed by atoms with van der Waals surface area (Å²) >= 11 is 1.28. The fourth-order valence-corrected chi connectivity index (χ4v) is 2.92. The fourth-order valence-electron chi connectivity index (χ4n) is 2.06. The molecule has 7 heteroatoms. The second kappa shape index (κ2) is 5.50. The molecule has 0 aliphatic carbocycles. The zero-order valence-electron chi connectivity index (χ0n) is 11.5. The molecule has 0 bridgehead atoms. The number of imidazole rings is 1. The smallest absolute Gasteiger partial charge is 0.270 e. The minimum Gasteiger partial charge on any atom is -0.333 e. The number of rotatable bonds is 3. The Morgan fingerprint density at radius 3 is 2.86 bits per heavy atom. The summed E-state index contributed by atoms with van der Waals surface area (Å²) in [5.41, 5.74) is 3.05. The summed E-state index contributed by atoms with van der Waals surface area (Å²) in [6.45, 7) is 2.00. The first kappa shape index (κ1) is 14.1. The Labute approximate surface area is 129 Å². The number of nitro benzene ring substituents is 1. The molecule has 1 aromatic heterocycles. The topological polar surface area (TPSA) is 95.6 Å². The predicted molar refractivity (Wildman–Crippen MR) is 82.8 cm³/mol. The lowest BCUT2D eigenvalue weighted by Gasteiger charge is -2.00. The zero-order valence-corrected chi connectivity index (χ0v) is 12.3. The minimum atomic E-state index is -0.515. The molecule has 0 fully saturated rings. The van der Waals surface area contributed by atoms with Crippen LogP contribution in [0.4, 0.5) is 5.69 Å². The summed E-state index contributed by atoms with van der Waals surface area (Å²) in [6.07, 6.45) is 0. The highest BCUT2D eigenvalue weighted by molar-refractivity contribution is 7.99. The highest BCUT2D eigenvalue weighted by Gasteiger charge is 2.13. The SMILES string of the molecule is Cc1ccc2nc(Sc3ccc([N+](=O)[O-])cc3C#N)[nH]c2c1. The Bertz CT molecular complexity index is 927. The molecule has 0 spiro atoms. The lowest BCUT2D eigenvalue weighted by Crippen LogP contribution is -1.90. The Morgan fingerprint density at radius 2 is 2.14 bits per heavy atom. The van der Waals surface area contributed by atoms with Crippen LogP contribution in [0, 0.1) is 28.4 Å². The van der Waals surface area contributed by atoms with Crippen LogP contribution in [0.3, 0.4) is 0 Å². The van der Waals surface area contributed by atoms with Crippen molar-refractivity contribution in [1.82, 2.24) is 9.97 Å². The number of hydrogen-bond acceptors (Lipinski definition) is 5. The lowest BCUT2D eigenvalue weighted by atomic mass is 10.2. The highest BCUT2D eigenvalue weighted by atomic mass is 32.2. The molecule has 0 amide bonds. The van der Waals surface area contributed by atoms with Crippen LogP contribution in [0.1, 0.15) is 11.1 Å². The van der Waals surface area contributed by atoms with E-state index in [2.05, 4.69) is 9.97 Å². The second-order valence-electron chi connectivity index (χ2n) is 4.71. The molecule has 0 aliphatic heterocycles. The third kappa shape index (κ3) is 2.64. The van der Waals surface area contributed by atoms with Crippen molar-refractivity contribution in [3.8, 4) is 6.07 Å². The van der Waals surface area contributed by atoms with Crippen molar-refractivity contribution in [3.63, 3.8) is 0 Å². The van der Waals surface area contributed by atoms with Gasteiger partial charge in [-0.15, -0.1) is 0 Å². The maximum atomic E-state index is 10.8. The van der Waals surface area contributed by atoms with Gasteiger partial charge in [0.2, 0.25) is 0 Å². The van der Waals surface area contributed by atoms with Crippen molar-refractivity contribution in [2.75, 3.05) is 0 Å². The Kier molecular flexibility index (Phi) is 3.53. The van der Waals surface area contributed by atoms with Crippen LogP contribution >= 0.6 is 11.8 Å². The third-order valence-corrected chi connectivity index (χ3v) is 4.08. The van der Waals surface area contributed by atoms with E-state index < -0.39 is 4.92 Å². The molecule has 1 heterocycles. The van der Waals surface area contributed by atoms with Crippen molar-refractivity contribution in [1.29, 1.82) is 5.26 Å². The second-order valence-corrected chi connectivity index (χ2v) is 5.74. The molecule has 6 nitrogen and oxygen atoms in total. The van der Waals surface area contributed by atoms with Crippen LogP contribution in [-0.4, -0.2) is 14.9 Å². The number of aryl methyl sites for hydroxylation is 1. The van der Waals surface area contributed by atoms with E-state index in [1.807, 2.05) is 31.2 Å². The molecular formula is C15H10N4O2S. The van der Waals surface area contributed by atoms with Gasteiger partial charge in [-0.1, -0.05) is 17.8 Å². The van der Waals surface area contributed by atoms with E-state index in [-0.39, 0.29) is 11.3 Å². The van der Waals surface area contributed by atoms with E-state index in [0.29, 0.717) is 10.1 Å². The number of fused-ring (bicyclic) bond motifs is 1. The molecule has 3 rings (SSSR count). The van der Waals surface area contributed by atoms with Crippen molar-refractivity contribution in [2.45, 2.75) is 17.0 Å². The third-order valence-electron chi connectivity index (χ3n) is 3.12. The van der Waals surface area contributed by atoms with Gasteiger partial charge in [0.1, 0.15) is 6.07 Å². The number of H-pyrrole nitrogens is 1. The number of nitrogens with zero attached hydrogens (tertiary/aromatic N) is 3. The number of aromatic nitrogens is 2. The van der Waals surface area contributed by atoms with Gasteiger partial charge in [0.25, 0.3) is 5.69 Å². The van der Waals surface area contributed by atoms with E-state index in [0.717, 1.165) is 16.6 Å². The zero-order chi connectivity index (χ0) is 15.7. The number of nitro groups is 1. The first-order valence-corrected chi connectivity index (χ1v) is 7.21.